The van der Waals surface area contributed by atoms with Crippen LogP contribution in [0.15, 0.2) is 35.4 Å². The number of benzene rings is 1. The summed E-state index contributed by atoms with van der Waals surface area (Å²) in [6, 6.07) is 3.76. The van der Waals surface area contributed by atoms with Gasteiger partial charge in [-0.1, -0.05) is 11.6 Å². The quantitative estimate of drug-likeness (QED) is 0.715. The van der Waals surface area contributed by atoms with Crippen molar-refractivity contribution in [3.05, 3.63) is 47.0 Å². The van der Waals surface area contributed by atoms with Crippen molar-refractivity contribution in [3.63, 3.8) is 0 Å². The Bertz CT molecular complexity index is 1070. The molecule has 1 amide bonds. The summed E-state index contributed by atoms with van der Waals surface area (Å²) in [5, 5.41) is 2.56. The van der Waals surface area contributed by atoms with Crippen LogP contribution in [0.5, 0.6) is 0 Å². The SMILES string of the molecule is COC(=O)c1cc(S(=O)(=O)N2CCCC2C(=O)Nc2ccc(F)cc2Cl)cn1C. The standard InChI is InChI=1S/C18H19ClFN3O5S/c1-22-10-12(9-16(22)18(25)28-2)29(26,27)23-7-3-4-15(23)17(24)21-14-6-5-11(20)8-13(14)19/h5-6,8-10,15H,3-4,7H2,1-2H3,(H,21,24). The number of rotatable bonds is 5. The van der Waals surface area contributed by atoms with Crippen LogP contribution >= 0.6 is 11.6 Å². The molecule has 1 aromatic heterocycles. The maximum Gasteiger partial charge on any atom is 0.354 e. The lowest BCUT2D eigenvalue weighted by Gasteiger charge is -2.23. The first kappa shape index (κ1) is 21.3. The number of carbonyl (C=O) groups is 2. The molecule has 1 unspecified atom stereocenters. The van der Waals surface area contributed by atoms with Crippen molar-refractivity contribution in [2.75, 3.05) is 19.0 Å². The maximum atomic E-state index is 13.2. The van der Waals surface area contributed by atoms with Gasteiger partial charge in [0.05, 0.1) is 17.8 Å². The van der Waals surface area contributed by atoms with Gasteiger partial charge < -0.3 is 14.6 Å². The molecule has 8 nitrogen and oxygen atoms in total. The van der Waals surface area contributed by atoms with Gasteiger partial charge in [0.2, 0.25) is 15.9 Å². The van der Waals surface area contributed by atoms with E-state index >= 15 is 0 Å². The van der Waals surface area contributed by atoms with E-state index in [1.165, 1.54) is 37.1 Å². The fourth-order valence-corrected chi connectivity index (χ4v) is 5.16. The number of sulfonamides is 1. The van der Waals surface area contributed by atoms with Gasteiger partial charge in [-0.2, -0.15) is 4.31 Å². The minimum Gasteiger partial charge on any atom is -0.464 e. The van der Waals surface area contributed by atoms with E-state index in [2.05, 4.69) is 10.1 Å². The summed E-state index contributed by atoms with van der Waals surface area (Å²) in [6.07, 6.45) is 2.11. The number of hydrogen-bond donors (Lipinski definition) is 1. The Morgan fingerprint density at radius 1 is 1.31 bits per heavy atom. The summed E-state index contributed by atoms with van der Waals surface area (Å²) in [6.45, 7) is 0.153. The highest BCUT2D eigenvalue weighted by Gasteiger charge is 2.40. The zero-order valence-corrected chi connectivity index (χ0v) is 17.3. The highest BCUT2D eigenvalue weighted by molar-refractivity contribution is 7.89. The second-order valence-electron chi connectivity index (χ2n) is 6.55. The Morgan fingerprint density at radius 2 is 2.03 bits per heavy atom. The van der Waals surface area contributed by atoms with E-state index in [0.29, 0.717) is 12.8 Å². The van der Waals surface area contributed by atoms with Gasteiger partial charge in [-0.3, -0.25) is 4.79 Å². The van der Waals surface area contributed by atoms with Crippen molar-refractivity contribution in [1.82, 2.24) is 8.87 Å². The van der Waals surface area contributed by atoms with Crippen molar-refractivity contribution in [1.29, 1.82) is 0 Å². The van der Waals surface area contributed by atoms with E-state index < -0.39 is 33.8 Å². The first-order chi connectivity index (χ1) is 13.6. The third-order valence-corrected chi connectivity index (χ3v) is 6.86. The number of esters is 1. The predicted octanol–water partition coefficient (Wildman–Crippen LogP) is 2.40. The van der Waals surface area contributed by atoms with Crippen molar-refractivity contribution in [2.45, 2.75) is 23.8 Å². The van der Waals surface area contributed by atoms with Gasteiger partial charge in [-0.05, 0) is 37.1 Å². The Morgan fingerprint density at radius 3 is 2.69 bits per heavy atom. The molecule has 1 aliphatic rings. The molecular formula is C18H19ClFN3O5S. The zero-order chi connectivity index (χ0) is 21.3. The molecule has 29 heavy (non-hydrogen) atoms. The predicted molar refractivity (Wildman–Crippen MR) is 104 cm³/mol. The largest absolute Gasteiger partial charge is 0.464 e. The number of nitrogens with one attached hydrogen (secondary N) is 1. The van der Waals surface area contributed by atoms with Crippen LogP contribution in [0.4, 0.5) is 10.1 Å². The lowest BCUT2D eigenvalue weighted by Crippen LogP contribution is -2.43. The van der Waals surface area contributed by atoms with E-state index in [4.69, 9.17) is 11.6 Å². The molecule has 1 N–H and O–H groups in total. The van der Waals surface area contributed by atoms with E-state index in [9.17, 15) is 22.4 Å². The molecule has 0 radical (unpaired) electrons. The number of ether oxygens (including phenoxy) is 1. The highest BCUT2D eigenvalue weighted by Crippen LogP contribution is 2.29. The van der Waals surface area contributed by atoms with Crippen LogP contribution < -0.4 is 5.32 Å². The molecule has 2 heterocycles. The van der Waals surface area contributed by atoms with Gasteiger partial charge in [-0.25, -0.2) is 17.6 Å². The molecule has 0 spiro atoms. The van der Waals surface area contributed by atoms with Crippen LogP contribution in [0.25, 0.3) is 0 Å². The van der Waals surface area contributed by atoms with Gasteiger partial charge in [0.25, 0.3) is 0 Å². The Kier molecular flexibility index (Phi) is 5.97. The summed E-state index contributed by atoms with van der Waals surface area (Å²) >= 11 is 5.93. The lowest BCUT2D eigenvalue weighted by atomic mass is 10.2. The molecule has 0 bridgehead atoms. The minimum absolute atomic E-state index is 0.0107. The number of hydrogen-bond acceptors (Lipinski definition) is 5. The third-order valence-electron chi connectivity index (χ3n) is 4.68. The number of halogens is 2. The molecule has 2 aromatic rings. The number of methoxy groups -OCH3 is 1. The molecule has 0 saturated carbocycles. The number of amides is 1. The molecule has 3 rings (SSSR count). The number of carbonyl (C=O) groups excluding carboxylic acids is 2. The van der Waals surface area contributed by atoms with Crippen molar-refractivity contribution >= 4 is 39.2 Å². The van der Waals surface area contributed by atoms with E-state index in [-0.39, 0.29) is 27.8 Å². The van der Waals surface area contributed by atoms with Crippen LogP contribution in [-0.2, 0) is 26.6 Å². The zero-order valence-electron chi connectivity index (χ0n) is 15.7. The molecule has 1 aromatic carbocycles. The van der Waals surface area contributed by atoms with Crippen molar-refractivity contribution in [3.8, 4) is 0 Å². The number of aryl methyl sites for hydroxylation is 1. The summed E-state index contributed by atoms with van der Waals surface area (Å²) in [4.78, 5) is 24.4. The van der Waals surface area contributed by atoms with Crippen LogP contribution in [0.1, 0.15) is 23.3 Å². The van der Waals surface area contributed by atoms with Crippen LogP contribution in [0.3, 0.4) is 0 Å². The van der Waals surface area contributed by atoms with Gasteiger partial charge >= 0.3 is 5.97 Å². The Labute approximate surface area is 172 Å². The molecule has 1 fully saturated rings. The normalized spacial score (nSPS) is 17.3. The average Bonchev–Trinajstić information content (AvgIpc) is 3.31. The van der Waals surface area contributed by atoms with Gasteiger partial charge in [-0.15, -0.1) is 0 Å². The summed E-state index contributed by atoms with van der Waals surface area (Å²) in [5.41, 5.74) is 0.263. The number of anilines is 1. The van der Waals surface area contributed by atoms with Crippen LogP contribution in [0.2, 0.25) is 5.02 Å². The third kappa shape index (κ3) is 4.14. The Balaban J connectivity index is 1.85. The summed E-state index contributed by atoms with van der Waals surface area (Å²) in [5.74, 6) is -1.79. The van der Waals surface area contributed by atoms with E-state index in [1.807, 2.05) is 0 Å². The second kappa shape index (κ2) is 8.13. The smallest absolute Gasteiger partial charge is 0.354 e. The topological polar surface area (TPSA) is 97.7 Å². The molecule has 156 valence electrons. The molecule has 11 heteroatoms. The van der Waals surface area contributed by atoms with Crippen LogP contribution in [0, 0.1) is 5.82 Å². The number of aromatic nitrogens is 1. The molecule has 0 aliphatic carbocycles. The van der Waals surface area contributed by atoms with Gasteiger partial charge in [0, 0.05) is 19.8 Å². The molecular weight excluding hydrogens is 425 g/mol. The van der Waals surface area contributed by atoms with Crippen molar-refractivity contribution < 1.29 is 27.1 Å². The van der Waals surface area contributed by atoms with Gasteiger partial charge in [0.15, 0.2) is 0 Å². The summed E-state index contributed by atoms with van der Waals surface area (Å²) in [7, 11) is -1.31. The minimum atomic E-state index is -4.03. The fraction of sp³-hybridized carbons (Fsp3) is 0.333. The second-order valence-corrected chi connectivity index (χ2v) is 8.85. The maximum absolute atomic E-state index is 13.2. The monoisotopic (exact) mass is 443 g/mol. The first-order valence-corrected chi connectivity index (χ1v) is 10.5. The highest BCUT2D eigenvalue weighted by atomic mass is 35.5. The molecule has 1 saturated heterocycles. The van der Waals surface area contributed by atoms with Crippen molar-refractivity contribution in [2.24, 2.45) is 7.05 Å². The molecule has 1 aliphatic heterocycles. The average molecular weight is 444 g/mol. The Hall–Kier alpha value is -2.43. The fourth-order valence-electron chi connectivity index (χ4n) is 3.21. The van der Waals surface area contributed by atoms with Gasteiger partial charge in [0.1, 0.15) is 22.4 Å². The summed E-state index contributed by atoms with van der Waals surface area (Å²) < 4.78 is 46.5. The lowest BCUT2D eigenvalue weighted by molar-refractivity contribution is -0.119. The molecule has 1 atom stereocenters. The number of nitrogens with zero attached hydrogens (tertiary/aromatic N) is 2. The van der Waals surface area contributed by atoms with E-state index in [1.54, 1.807) is 0 Å². The van der Waals surface area contributed by atoms with Crippen LogP contribution in [-0.4, -0.2) is 48.9 Å². The first-order valence-electron chi connectivity index (χ1n) is 8.67. The van der Waals surface area contributed by atoms with E-state index in [0.717, 1.165) is 16.4 Å².